The summed E-state index contributed by atoms with van der Waals surface area (Å²) in [6, 6.07) is 12.8. The number of nitrogens with zero attached hydrogens (tertiary/aromatic N) is 2. The first-order valence-corrected chi connectivity index (χ1v) is 11.1. The summed E-state index contributed by atoms with van der Waals surface area (Å²) in [5, 5.41) is 0. The van der Waals surface area contributed by atoms with E-state index in [0.29, 0.717) is 60.6 Å². The minimum Gasteiger partial charge on any atom is -0.312 e. The van der Waals surface area contributed by atoms with Crippen molar-refractivity contribution in [1.29, 1.82) is 0 Å². The van der Waals surface area contributed by atoms with Gasteiger partial charge in [0.2, 0.25) is 11.8 Å². The average Bonchev–Trinajstić information content (AvgIpc) is 2.80. The van der Waals surface area contributed by atoms with Crippen LogP contribution < -0.4 is 9.80 Å². The van der Waals surface area contributed by atoms with Crippen molar-refractivity contribution < 1.29 is 35.9 Å². The third-order valence-electron chi connectivity index (χ3n) is 6.37. The largest absolute Gasteiger partial charge is 0.416 e. The van der Waals surface area contributed by atoms with Crippen molar-refractivity contribution in [3.05, 3.63) is 71.8 Å². The van der Waals surface area contributed by atoms with Crippen molar-refractivity contribution >= 4 is 23.2 Å². The summed E-state index contributed by atoms with van der Waals surface area (Å²) in [5.74, 6) is -0.0956. The quantitative estimate of drug-likeness (QED) is 0.299. The van der Waals surface area contributed by atoms with Crippen molar-refractivity contribution in [1.82, 2.24) is 0 Å². The van der Waals surface area contributed by atoms with E-state index in [4.69, 9.17) is 0 Å². The molecule has 5 rings (SSSR count). The highest BCUT2D eigenvalue weighted by atomic mass is 19.4. The van der Waals surface area contributed by atoms with Gasteiger partial charge in [0.25, 0.3) is 0 Å². The van der Waals surface area contributed by atoms with Crippen LogP contribution >= 0.6 is 0 Å². The van der Waals surface area contributed by atoms with Gasteiger partial charge in [-0.15, -0.1) is 0 Å². The van der Waals surface area contributed by atoms with Crippen LogP contribution in [0.15, 0.2) is 60.7 Å². The van der Waals surface area contributed by atoms with Crippen molar-refractivity contribution in [2.75, 3.05) is 22.9 Å². The fourth-order valence-corrected chi connectivity index (χ4v) is 4.23. The van der Waals surface area contributed by atoms with Gasteiger partial charge in [0.1, 0.15) is 0 Å². The SMILES string of the molecule is O=C1CCN1c1cc(-c2ccc(-c3cc(C(F)(F)F)cc(C(F)(F)F)c3)cc2)cc(N2CCC2=O)c1. The smallest absolute Gasteiger partial charge is 0.312 e. The molecule has 2 fully saturated rings. The maximum Gasteiger partial charge on any atom is 0.416 e. The van der Waals surface area contributed by atoms with Gasteiger partial charge in [-0.2, -0.15) is 26.3 Å². The molecule has 0 saturated carbocycles. The van der Waals surface area contributed by atoms with Crippen LogP contribution in [0.5, 0.6) is 0 Å². The van der Waals surface area contributed by atoms with E-state index >= 15 is 0 Å². The Bertz CT molecular complexity index is 1290. The highest BCUT2D eigenvalue weighted by Gasteiger charge is 2.37. The molecule has 2 aliphatic heterocycles. The van der Waals surface area contributed by atoms with Crippen molar-refractivity contribution in [3.63, 3.8) is 0 Å². The summed E-state index contributed by atoms with van der Waals surface area (Å²) in [7, 11) is 0. The molecule has 2 amide bonds. The van der Waals surface area contributed by atoms with Gasteiger partial charge in [-0.3, -0.25) is 9.59 Å². The van der Waals surface area contributed by atoms with E-state index < -0.39 is 23.5 Å². The Hall–Kier alpha value is -3.82. The minimum atomic E-state index is -4.94. The van der Waals surface area contributed by atoms with E-state index in [1.165, 1.54) is 12.1 Å². The summed E-state index contributed by atoms with van der Waals surface area (Å²) >= 11 is 0. The van der Waals surface area contributed by atoms with Gasteiger partial charge in [0, 0.05) is 37.3 Å². The Morgan fingerprint density at radius 2 is 0.917 bits per heavy atom. The van der Waals surface area contributed by atoms with Gasteiger partial charge in [-0.05, 0) is 58.7 Å². The lowest BCUT2D eigenvalue weighted by Gasteiger charge is -2.35. The number of rotatable bonds is 4. The van der Waals surface area contributed by atoms with Crippen LogP contribution in [0.2, 0.25) is 0 Å². The lowest BCUT2D eigenvalue weighted by atomic mass is 9.96. The highest BCUT2D eigenvalue weighted by Crippen LogP contribution is 2.40. The summed E-state index contributed by atoms with van der Waals surface area (Å²) in [5.41, 5.74) is -0.262. The topological polar surface area (TPSA) is 40.6 Å². The molecule has 3 aromatic carbocycles. The molecule has 0 unspecified atom stereocenters. The Labute approximate surface area is 201 Å². The molecule has 10 heteroatoms. The second kappa shape index (κ2) is 8.39. The standard InChI is InChI=1S/C26H18F6N2O2/c27-25(28,29)19-9-17(10-20(13-19)26(30,31)32)15-1-3-16(4-2-15)18-11-21(33-7-5-23(33)35)14-22(12-18)34-8-6-24(34)36/h1-4,9-14H,5-8H2. The number of benzene rings is 3. The molecule has 186 valence electrons. The lowest BCUT2D eigenvalue weighted by molar-refractivity contribution is -0.143. The second-order valence-electron chi connectivity index (χ2n) is 8.70. The molecular formula is C26H18F6N2O2. The molecule has 0 bridgehead atoms. The van der Waals surface area contributed by atoms with Crippen molar-refractivity contribution in [2.24, 2.45) is 0 Å². The second-order valence-corrected chi connectivity index (χ2v) is 8.70. The predicted octanol–water partition coefficient (Wildman–Crippen LogP) is 6.53. The molecule has 2 saturated heterocycles. The lowest BCUT2D eigenvalue weighted by Crippen LogP contribution is -2.45. The molecule has 2 aliphatic rings. The monoisotopic (exact) mass is 504 g/mol. The van der Waals surface area contributed by atoms with Gasteiger partial charge in [0.05, 0.1) is 11.1 Å². The summed E-state index contributed by atoms with van der Waals surface area (Å²) in [4.78, 5) is 27.2. The molecule has 0 spiro atoms. The van der Waals surface area contributed by atoms with Gasteiger partial charge in [-0.25, -0.2) is 0 Å². The van der Waals surface area contributed by atoms with E-state index in [2.05, 4.69) is 0 Å². The zero-order valence-corrected chi connectivity index (χ0v) is 18.6. The molecule has 36 heavy (non-hydrogen) atoms. The molecule has 0 aromatic heterocycles. The van der Waals surface area contributed by atoms with Crippen LogP contribution in [0.3, 0.4) is 0 Å². The average molecular weight is 504 g/mol. The maximum absolute atomic E-state index is 13.2. The fourth-order valence-electron chi connectivity index (χ4n) is 4.23. The molecule has 2 heterocycles. The van der Waals surface area contributed by atoms with Crippen molar-refractivity contribution in [2.45, 2.75) is 25.2 Å². The first-order valence-electron chi connectivity index (χ1n) is 11.1. The third-order valence-corrected chi connectivity index (χ3v) is 6.37. The van der Waals surface area contributed by atoms with Crippen molar-refractivity contribution in [3.8, 4) is 22.3 Å². The van der Waals surface area contributed by atoms with Crippen LogP contribution in [0, 0.1) is 0 Å². The number of carbonyl (C=O) groups is 2. The molecule has 0 radical (unpaired) electrons. The number of hydrogen-bond donors (Lipinski definition) is 0. The zero-order valence-electron chi connectivity index (χ0n) is 18.6. The first kappa shape index (κ1) is 23.9. The maximum atomic E-state index is 13.2. The van der Waals surface area contributed by atoms with Crippen LogP contribution in [-0.4, -0.2) is 24.9 Å². The number of halogens is 6. The molecule has 0 N–H and O–H groups in total. The molecule has 0 aliphatic carbocycles. The number of alkyl halides is 6. The molecule has 0 atom stereocenters. The number of anilines is 2. The van der Waals surface area contributed by atoms with Crippen LogP contribution in [0.4, 0.5) is 37.7 Å². The summed E-state index contributed by atoms with van der Waals surface area (Å²) in [6.45, 7) is 1.09. The Morgan fingerprint density at radius 1 is 0.528 bits per heavy atom. The van der Waals surface area contributed by atoms with Crippen LogP contribution in [0.25, 0.3) is 22.3 Å². The Kier molecular flexibility index (Phi) is 5.57. The first-order chi connectivity index (χ1) is 16.9. The zero-order chi connectivity index (χ0) is 25.8. The van der Waals surface area contributed by atoms with E-state index in [-0.39, 0.29) is 29.0 Å². The molecule has 3 aromatic rings. The van der Waals surface area contributed by atoms with Gasteiger partial charge >= 0.3 is 12.4 Å². The molecular weight excluding hydrogens is 486 g/mol. The minimum absolute atomic E-state index is 0.0478. The predicted molar refractivity (Wildman–Crippen MR) is 121 cm³/mol. The Balaban J connectivity index is 1.53. The fraction of sp³-hybridized carbons (Fsp3) is 0.231. The molecule has 4 nitrogen and oxygen atoms in total. The van der Waals surface area contributed by atoms with Crippen LogP contribution in [-0.2, 0) is 21.9 Å². The summed E-state index contributed by atoms with van der Waals surface area (Å²) < 4.78 is 79.5. The van der Waals surface area contributed by atoms with E-state index in [9.17, 15) is 35.9 Å². The number of β-lactam (4-membered cyclic amide) rings is 2. The summed E-state index contributed by atoms with van der Waals surface area (Å²) in [6.07, 6.45) is -9.02. The van der Waals surface area contributed by atoms with E-state index in [1.807, 2.05) is 0 Å². The van der Waals surface area contributed by atoms with Gasteiger partial charge in [-0.1, -0.05) is 24.3 Å². The highest BCUT2D eigenvalue weighted by molar-refractivity contribution is 6.03. The number of amides is 2. The van der Waals surface area contributed by atoms with Gasteiger partial charge in [0.15, 0.2) is 0 Å². The number of hydrogen-bond acceptors (Lipinski definition) is 2. The van der Waals surface area contributed by atoms with Gasteiger partial charge < -0.3 is 9.80 Å². The van der Waals surface area contributed by atoms with Crippen LogP contribution in [0.1, 0.15) is 24.0 Å². The number of carbonyl (C=O) groups excluding carboxylic acids is 2. The Morgan fingerprint density at radius 3 is 1.22 bits per heavy atom. The van der Waals surface area contributed by atoms with E-state index in [1.54, 1.807) is 40.1 Å². The normalized spacial score (nSPS) is 16.2. The third kappa shape index (κ3) is 4.43. The van der Waals surface area contributed by atoms with E-state index in [0.717, 1.165) is 0 Å².